The fourth-order valence-corrected chi connectivity index (χ4v) is 5.96. The number of hydrogen-bond donors (Lipinski definition) is 0. The summed E-state index contributed by atoms with van der Waals surface area (Å²) in [7, 11) is 0. The van der Waals surface area contributed by atoms with E-state index in [-0.39, 0.29) is 24.1 Å². The number of cyclic esters (lactones) is 1. The van der Waals surface area contributed by atoms with Crippen molar-refractivity contribution < 1.29 is 19.1 Å². The third-order valence-corrected chi connectivity index (χ3v) is 8.19. The zero-order valence-electron chi connectivity index (χ0n) is 19.9. The summed E-state index contributed by atoms with van der Waals surface area (Å²) >= 11 is 0. The lowest BCUT2D eigenvalue weighted by Gasteiger charge is -2.49. The van der Waals surface area contributed by atoms with Crippen LogP contribution in [0, 0.1) is 35.0 Å². The Bertz CT molecular complexity index is 664. The van der Waals surface area contributed by atoms with Crippen LogP contribution in [-0.4, -0.2) is 24.1 Å². The molecule has 170 valence electrons. The Kier molecular flexibility index (Phi) is 7.35. The molecule has 1 saturated heterocycles. The van der Waals surface area contributed by atoms with Crippen LogP contribution in [0.4, 0.5) is 0 Å². The maximum Gasteiger partial charge on any atom is 0.311 e. The quantitative estimate of drug-likeness (QED) is 0.387. The van der Waals surface area contributed by atoms with Gasteiger partial charge < -0.3 is 9.47 Å². The Hall–Kier alpha value is -1.32. The van der Waals surface area contributed by atoms with E-state index >= 15 is 0 Å². The fourth-order valence-electron chi connectivity index (χ4n) is 5.96. The number of rotatable bonds is 6. The van der Waals surface area contributed by atoms with E-state index in [1.54, 1.807) is 0 Å². The van der Waals surface area contributed by atoms with Crippen LogP contribution in [0.5, 0.6) is 0 Å². The van der Waals surface area contributed by atoms with E-state index in [2.05, 4.69) is 33.8 Å². The maximum atomic E-state index is 13.0. The summed E-state index contributed by atoms with van der Waals surface area (Å²) in [5, 5.41) is 0. The molecular formula is C26H42O4. The number of ether oxygens (including phenoxy) is 2. The van der Waals surface area contributed by atoms with Gasteiger partial charge in [-0.2, -0.15) is 0 Å². The van der Waals surface area contributed by atoms with Crippen molar-refractivity contribution in [1.82, 2.24) is 0 Å². The molecule has 0 bridgehead atoms. The second kappa shape index (κ2) is 9.44. The molecule has 0 aromatic carbocycles. The van der Waals surface area contributed by atoms with Crippen LogP contribution in [0.1, 0.15) is 92.9 Å². The van der Waals surface area contributed by atoms with Crippen molar-refractivity contribution in [2.24, 2.45) is 35.0 Å². The lowest BCUT2D eigenvalue weighted by molar-refractivity contribution is -0.170. The third kappa shape index (κ3) is 5.11. The summed E-state index contributed by atoms with van der Waals surface area (Å²) < 4.78 is 11.9. The SMILES string of the molecule is CCC(C)(C)C(=O)O[C@H]1C[C@@H](C)C[C@@H]2C(C)=C[C@@H](C)[C@H](CC[C@H]3CCCC(=O)O3)[C@@H]12. The molecule has 1 heterocycles. The minimum absolute atomic E-state index is 0.0120. The van der Waals surface area contributed by atoms with Gasteiger partial charge in [-0.05, 0) is 89.4 Å². The molecule has 30 heavy (non-hydrogen) atoms. The van der Waals surface area contributed by atoms with Crippen molar-refractivity contribution in [3.63, 3.8) is 0 Å². The molecule has 2 aliphatic carbocycles. The molecule has 0 aromatic heterocycles. The Morgan fingerprint density at radius 1 is 1.23 bits per heavy atom. The summed E-state index contributed by atoms with van der Waals surface area (Å²) in [4.78, 5) is 24.7. The van der Waals surface area contributed by atoms with Gasteiger partial charge in [0.25, 0.3) is 0 Å². The first kappa shape index (κ1) is 23.3. The number of fused-ring (bicyclic) bond motifs is 1. The Morgan fingerprint density at radius 2 is 1.97 bits per heavy atom. The molecule has 1 aliphatic heterocycles. The first-order valence-corrected chi connectivity index (χ1v) is 12.2. The summed E-state index contributed by atoms with van der Waals surface area (Å²) in [6.07, 6.45) is 9.87. The molecule has 0 radical (unpaired) electrons. The van der Waals surface area contributed by atoms with Crippen molar-refractivity contribution in [1.29, 1.82) is 0 Å². The van der Waals surface area contributed by atoms with Crippen LogP contribution in [0.15, 0.2) is 11.6 Å². The molecule has 0 N–H and O–H groups in total. The zero-order chi connectivity index (χ0) is 22.1. The fraction of sp³-hybridized carbons (Fsp3) is 0.846. The average molecular weight is 419 g/mol. The molecule has 4 heteroatoms. The van der Waals surface area contributed by atoms with Gasteiger partial charge in [-0.1, -0.05) is 32.4 Å². The summed E-state index contributed by atoms with van der Waals surface area (Å²) in [5.74, 6) is 2.25. The van der Waals surface area contributed by atoms with Crippen molar-refractivity contribution >= 4 is 11.9 Å². The number of carbonyl (C=O) groups excluding carboxylic acids is 2. The van der Waals surface area contributed by atoms with E-state index in [0.29, 0.717) is 36.0 Å². The smallest absolute Gasteiger partial charge is 0.311 e. The standard InChI is InChI=1S/C26H42O4/c1-7-26(5,6)25(28)30-22-14-16(2)13-21-18(4)15-17(3)20(24(21)22)12-11-19-9-8-10-23(27)29-19/h15-17,19-22,24H,7-14H2,1-6H3/t16-,17+,19+,20-,21+,22-,24+/m0/s1. The Labute approximate surface area is 183 Å². The Balaban J connectivity index is 1.78. The molecule has 0 amide bonds. The lowest BCUT2D eigenvalue weighted by atomic mass is 9.58. The minimum atomic E-state index is -0.437. The van der Waals surface area contributed by atoms with Crippen LogP contribution in [0.3, 0.4) is 0 Å². The molecule has 0 unspecified atom stereocenters. The first-order chi connectivity index (χ1) is 14.1. The number of carbonyl (C=O) groups is 2. The van der Waals surface area contributed by atoms with Crippen LogP contribution < -0.4 is 0 Å². The van der Waals surface area contributed by atoms with E-state index in [1.807, 2.05) is 13.8 Å². The molecule has 1 saturated carbocycles. The topological polar surface area (TPSA) is 52.6 Å². The van der Waals surface area contributed by atoms with Gasteiger partial charge in [-0.15, -0.1) is 0 Å². The highest BCUT2D eigenvalue weighted by Gasteiger charge is 2.47. The number of allylic oxidation sites excluding steroid dienone is 2. The first-order valence-electron chi connectivity index (χ1n) is 12.2. The van der Waals surface area contributed by atoms with Crippen LogP contribution in [-0.2, 0) is 19.1 Å². The number of esters is 2. The van der Waals surface area contributed by atoms with Gasteiger partial charge in [-0.25, -0.2) is 0 Å². The summed E-state index contributed by atoms with van der Waals surface area (Å²) in [6.45, 7) is 12.9. The van der Waals surface area contributed by atoms with Crippen molar-refractivity contribution in [3.05, 3.63) is 11.6 Å². The molecule has 0 aromatic rings. The van der Waals surface area contributed by atoms with Gasteiger partial charge in [0.2, 0.25) is 0 Å². The van der Waals surface area contributed by atoms with E-state index in [9.17, 15) is 9.59 Å². The maximum absolute atomic E-state index is 13.0. The highest BCUT2D eigenvalue weighted by Crippen LogP contribution is 2.50. The molecule has 2 fully saturated rings. The van der Waals surface area contributed by atoms with Crippen LogP contribution in [0.2, 0.25) is 0 Å². The second-order valence-corrected chi connectivity index (χ2v) is 11.0. The van der Waals surface area contributed by atoms with Gasteiger partial charge in [0.15, 0.2) is 0 Å². The monoisotopic (exact) mass is 418 g/mol. The van der Waals surface area contributed by atoms with Gasteiger partial charge >= 0.3 is 11.9 Å². The predicted octanol–water partition coefficient (Wildman–Crippen LogP) is 6.08. The number of hydrogen-bond acceptors (Lipinski definition) is 4. The van der Waals surface area contributed by atoms with E-state index < -0.39 is 5.41 Å². The van der Waals surface area contributed by atoms with Gasteiger partial charge in [0, 0.05) is 12.3 Å². The van der Waals surface area contributed by atoms with E-state index in [0.717, 1.165) is 38.5 Å². The van der Waals surface area contributed by atoms with Gasteiger partial charge in [0.1, 0.15) is 12.2 Å². The molecule has 4 nitrogen and oxygen atoms in total. The normalized spacial score (nSPS) is 37.1. The average Bonchev–Trinajstić information content (AvgIpc) is 2.68. The highest BCUT2D eigenvalue weighted by molar-refractivity contribution is 5.76. The summed E-state index contributed by atoms with van der Waals surface area (Å²) in [6, 6.07) is 0. The lowest BCUT2D eigenvalue weighted by Crippen LogP contribution is -2.48. The summed E-state index contributed by atoms with van der Waals surface area (Å²) in [5.41, 5.74) is 1.03. The minimum Gasteiger partial charge on any atom is -0.462 e. The molecule has 3 aliphatic rings. The molecule has 3 rings (SSSR count). The van der Waals surface area contributed by atoms with Crippen LogP contribution in [0.25, 0.3) is 0 Å². The van der Waals surface area contributed by atoms with Gasteiger partial charge in [0.05, 0.1) is 5.41 Å². The largest absolute Gasteiger partial charge is 0.462 e. The molecular weight excluding hydrogens is 376 g/mol. The molecule has 7 atom stereocenters. The van der Waals surface area contributed by atoms with Crippen molar-refractivity contribution in [2.45, 2.75) is 105 Å². The Morgan fingerprint density at radius 3 is 2.63 bits per heavy atom. The second-order valence-electron chi connectivity index (χ2n) is 11.0. The molecule has 0 spiro atoms. The third-order valence-electron chi connectivity index (χ3n) is 8.19. The zero-order valence-corrected chi connectivity index (χ0v) is 19.9. The van der Waals surface area contributed by atoms with E-state index in [4.69, 9.17) is 9.47 Å². The van der Waals surface area contributed by atoms with Crippen molar-refractivity contribution in [3.8, 4) is 0 Å². The van der Waals surface area contributed by atoms with E-state index in [1.165, 1.54) is 12.0 Å². The predicted molar refractivity (Wildman–Crippen MR) is 119 cm³/mol. The van der Waals surface area contributed by atoms with Crippen LogP contribution >= 0.6 is 0 Å². The van der Waals surface area contributed by atoms with Crippen molar-refractivity contribution in [2.75, 3.05) is 0 Å². The van der Waals surface area contributed by atoms with Gasteiger partial charge in [-0.3, -0.25) is 9.59 Å². The highest BCUT2D eigenvalue weighted by atomic mass is 16.5.